The average molecular weight is 360 g/mol. The number of sulfonamides is 1. The topological polar surface area (TPSA) is 72.5 Å². The fourth-order valence-electron chi connectivity index (χ4n) is 1.70. The predicted octanol–water partition coefficient (Wildman–Crippen LogP) is 3.58. The first-order valence-corrected chi connectivity index (χ1v) is 8.23. The third-order valence-electron chi connectivity index (χ3n) is 2.73. The van der Waals surface area contributed by atoms with Crippen molar-refractivity contribution >= 4 is 44.9 Å². The van der Waals surface area contributed by atoms with E-state index in [-0.39, 0.29) is 15.5 Å². The highest BCUT2D eigenvalue weighted by Crippen LogP contribution is 2.24. The van der Waals surface area contributed by atoms with Crippen molar-refractivity contribution in [2.24, 2.45) is 0 Å². The standard InChI is InChI=1S/C14H11Cl2NO4S/c1-21-14(18)12-8-11(5-6-13(12)16)22(19,20)17-10-4-2-3-9(15)7-10/h2-8,17H,1H3. The van der Waals surface area contributed by atoms with Crippen molar-refractivity contribution in [2.45, 2.75) is 4.90 Å². The van der Waals surface area contributed by atoms with Crippen molar-refractivity contribution < 1.29 is 17.9 Å². The molecule has 2 aromatic rings. The second-order valence-corrected chi connectivity index (χ2v) is 6.78. The Bertz CT molecular complexity index is 821. The summed E-state index contributed by atoms with van der Waals surface area (Å²) < 4.78 is 31.6. The van der Waals surface area contributed by atoms with Gasteiger partial charge in [0.2, 0.25) is 0 Å². The third-order valence-corrected chi connectivity index (χ3v) is 4.67. The van der Waals surface area contributed by atoms with Crippen LogP contribution in [0.15, 0.2) is 47.4 Å². The van der Waals surface area contributed by atoms with E-state index in [2.05, 4.69) is 9.46 Å². The highest BCUT2D eigenvalue weighted by atomic mass is 35.5. The summed E-state index contributed by atoms with van der Waals surface area (Å²) in [5.41, 5.74) is 0.278. The summed E-state index contributed by atoms with van der Waals surface area (Å²) in [6.45, 7) is 0. The Labute approximate surface area is 137 Å². The number of hydrogen-bond donors (Lipinski definition) is 1. The molecule has 2 rings (SSSR count). The first-order chi connectivity index (χ1) is 10.3. The molecule has 5 nitrogen and oxygen atoms in total. The SMILES string of the molecule is COC(=O)c1cc(S(=O)(=O)Nc2cccc(Cl)c2)ccc1Cl. The molecule has 116 valence electrons. The minimum Gasteiger partial charge on any atom is -0.465 e. The van der Waals surface area contributed by atoms with Gasteiger partial charge in [0.15, 0.2) is 0 Å². The number of methoxy groups -OCH3 is 1. The predicted molar refractivity (Wildman–Crippen MR) is 85.1 cm³/mol. The van der Waals surface area contributed by atoms with Crippen LogP contribution in [0.3, 0.4) is 0 Å². The number of carbonyl (C=O) groups excluding carboxylic acids is 1. The Morgan fingerprint density at radius 2 is 1.86 bits per heavy atom. The van der Waals surface area contributed by atoms with Crippen molar-refractivity contribution in [2.75, 3.05) is 11.8 Å². The van der Waals surface area contributed by atoms with Gasteiger partial charge in [-0.25, -0.2) is 13.2 Å². The van der Waals surface area contributed by atoms with Gasteiger partial charge in [-0.05, 0) is 36.4 Å². The average Bonchev–Trinajstić information content (AvgIpc) is 2.46. The molecule has 0 atom stereocenters. The van der Waals surface area contributed by atoms with E-state index in [0.717, 1.165) is 6.07 Å². The van der Waals surface area contributed by atoms with Crippen LogP contribution < -0.4 is 4.72 Å². The molecule has 0 aliphatic heterocycles. The first-order valence-electron chi connectivity index (χ1n) is 6.00. The van der Waals surface area contributed by atoms with E-state index < -0.39 is 16.0 Å². The molecule has 8 heteroatoms. The van der Waals surface area contributed by atoms with Crippen LogP contribution in [0.1, 0.15) is 10.4 Å². The number of carbonyl (C=O) groups is 1. The molecule has 22 heavy (non-hydrogen) atoms. The smallest absolute Gasteiger partial charge is 0.339 e. The summed E-state index contributed by atoms with van der Waals surface area (Å²) in [5.74, 6) is -0.718. The van der Waals surface area contributed by atoms with Crippen LogP contribution >= 0.6 is 23.2 Å². The minimum absolute atomic E-state index is 0.0295. The van der Waals surface area contributed by atoms with E-state index in [1.807, 2.05) is 0 Å². The minimum atomic E-state index is -3.89. The Morgan fingerprint density at radius 1 is 1.14 bits per heavy atom. The Kier molecular flexibility index (Phi) is 4.95. The lowest BCUT2D eigenvalue weighted by Crippen LogP contribution is -2.14. The van der Waals surface area contributed by atoms with Gasteiger partial charge in [0.05, 0.1) is 28.3 Å². The molecule has 1 N–H and O–H groups in total. The van der Waals surface area contributed by atoms with Crippen LogP contribution in [-0.4, -0.2) is 21.5 Å². The summed E-state index contributed by atoms with van der Waals surface area (Å²) in [6.07, 6.45) is 0. The number of anilines is 1. The second-order valence-electron chi connectivity index (χ2n) is 4.25. The van der Waals surface area contributed by atoms with Crippen LogP contribution in [0, 0.1) is 0 Å². The largest absolute Gasteiger partial charge is 0.465 e. The van der Waals surface area contributed by atoms with Crippen molar-refractivity contribution in [3.05, 3.63) is 58.1 Å². The number of halogens is 2. The van der Waals surface area contributed by atoms with Crippen LogP contribution in [0.4, 0.5) is 5.69 Å². The summed E-state index contributed by atoms with van der Waals surface area (Å²) in [5, 5.41) is 0.500. The van der Waals surface area contributed by atoms with Crippen molar-refractivity contribution in [3.8, 4) is 0 Å². The van der Waals surface area contributed by atoms with Crippen molar-refractivity contribution in [3.63, 3.8) is 0 Å². The van der Waals surface area contributed by atoms with Gasteiger partial charge in [0.1, 0.15) is 0 Å². The number of ether oxygens (including phenoxy) is 1. The molecule has 2 aromatic carbocycles. The number of hydrogen-bond acceptors (Lipinski definition) is 4. The lowest BCUT2D eigenvalue weighted by molar-refractivity contribution is 0.0600. The van der Waals surface area contributed by atoms with E-state index >= 15 is 0 Å². The maximum absolute atomic E-state index is 12.3. The van der Waals surface area contributed by atoms with E-state index in [0.29, 0.717) is 10.7 Å². The van der Waals surface area contributed by atoms with Gasteiger partial charge in [0.25, 0.3) is 10.0 Å². The monoisotopic (exact) mass is 359 g/mol. The van der Waals surface area contributed by atoms with E-state index in [9.17, 15) is 13.2 Å². The molecule has 0 aliphatic carbocycles. The van der Waals surface area contributed by atoms with Gasteiger partial charge in [0, 0.05) is 5.02 Å². The fourth-order valence-corrected chi connectivity index (χ4v) is 3.16. The molecule has 0 aliphatic rings. The van der Waals surface area contributed by atoms with Crippen LogP contribution in [0.25, 0.3) is 0 Å². The number of esters is 1. The molecular formula is C14H11Cl2NO4S. The second kappa shape index (κ2) is 6.56. The molecule has 0 heterocycles. The summed E-state index contributed by atoms with van der Waals surface area (Å²) in [7, 11) is -2.70. The number of rotatable bonds is 4. The highest BCUT2D eigenvalue weighted by Gasteiger charge is 2.19. The Balaban J connectivity index is 2.39. The molecule has 0 fully saturated rings. The molecule has 0 radical (unpaired) electrons. The Morgan fingerprint density at radius 3 is 2.50 bits per heavy atom. The summed E-state index contributed by atoms with van der Waals surface area (Å²) >= 11 is 11.7. The number of benzene rings is 2. The maximum atomic E-state index is 12.3. The van der Waals surface area contributed by atoms with E-state index in [1.165, 1.54) is 25.3 Å². The van der Waals surface area contributed by atoms with Gasteiger partial charge in [-0.2, -0.15) is 0 Å². The molecular weight excluding hydrogens is 349 g/mol. The summed E-state index contributed by atoms with van der Waals surface area (Å²) in [6, 6.07) is 10.0. The van der Waals surface area contributed by atoms with Crippen LogP contribution in [0.5, 0.6) is 0 Å². The molecule has 0 amide bonds. The number of nitrogens with one attached hydrogen (secondary N) is 1. The zero-order valence-electron chi connectivity index (χ0n) is 11.3. The molecule has 0 aromatic heterocycles. The molecule has 0 bridgehead atoms. The third kappa shape index (κ3) is 3.71. The van der Waals surface area contributed by atoms with Crippen molar-refractivity contribution in [1.29, 1.82) is 0 Å². The normalized spacial score (nSPS) is 11.0. The summed E-state index contributed by atoms with van der Waals surface area (Å²) in [4.78, 5) is 11.5. The Hall–Kier alpha value is -1.76. The van der Waals surface area contributed by atoms with Crippen LogP contribution in [0.2, 0.25) is 10.0 Å². The maximum Gasteiger partial charge on any atom is 0.339 e. The highest BCUT2D eigenvalue weighted by molar-refractivity contribution is 7.92. The zero-order chi connectivity index (χ0) is 16.3. The van der Waals surface area contributed by atoms with Gasteiger partial charge in [-0.15, -0.1) is 0 Å². The van der Waals surface area contributed by atoms with Gasteiger partial charge >= 0.3 is 5.97 Å². The lowest BCUT2D eigenvalue weighted by Gasteiger charge is -2.10. The van der Waals surface area contributed by atoms with Crippen molar-refractivity contribution in [1.82, 2.24) is 0 Å². The fraction of sp³-hybridized carbons (Fsp3) is 0.0714. The van der Waals surface area contributed by atoms with E-state index in [1.54, 1.807) is 18.2 Å². The van der Waals surface area contributed by atoms with Gasteiger partial charge < -0.3 is 4.74 Å². The molecule has 0 spiro atoms. The zero-order valence-corrected chi connectivity index (χ0v) is 13.7. The van der Waals surface area contributed by atoms with Gasteiger partial charge in [-0.1, -0.05) is 29.3 Å². The molecule has 0 saturated heterocycles. The van der Waals surface area contributed by atoms with Crippen LogP contribution in [-0.2, 0) is 14.8 Å². The molecule has 0 unspecified atom stereocenters. The first kappa shape index (κ1) is 16.6. The quantitative estimate of drug-likeness (QED) is 0.846. The van der Waals surface area contributed by atoms with Gasteiger partial charge in [-0.3, -0.25) is 4.72 Å². The molecule has 0 saturated carbocycles. The lowest BCUT2D eigenvalue weighted by atomic mass is 10.2. The van der Waals surface area contributed by atoms with E-state index in [4.69, 9.17) is 23.2 Å².